The van der Waals surface area contributed by atoms with Crippen molar-refractivity contribution in [2.75, 3.05) is 7.11 Å². The number of rotatable bonds is 6. The zero-order valence-electron chi connectivity index (χ0n) is 17.5. The molecule has 2 aromatic carbocycles. The monoisotopic (exact) mass is 549 g/mol. The molecule has 0 unspecified atom stereocenters. The first kappa shape index (κ1) is 23.1. The largest absolute Gasteiger partial charge is 0.493 e. The summed E-state index contributed by atoms with van der Waals surface area (Å²) in [4.78, 5) is 29.3. The first-order chi connectivity index (χ1) is 14.7. The second-order valence-corrected chi connectivity index (χ2v) is 8.70. The predicted molar refractivity (Wildman–Crippen MR) is 127 cm³/mol. The van der Waals surface area contributed by atoms with E-state index in [2.05, 4.69) is 37.0 Å². The zero-order chi connectivity index (χ0) is 22.7. The van der Waals surface area contributed by atoms with E-state index in [-0.39, 0.29) is 17.2 Å². The van der Waals surface area contributed by atoms with E-state index in [0.29, 0.717) is 32.5 Å². The summed E-state index contributed by atoms with van der Waals surface area (Å²) in [6, 6.07) is 8.81. The second kappa shape index (κ2) is 9.74. The first-order valence-electron chi connectivity index (χ1n) is 9.57. The van der Waals surface area contributed by atoms with Gasteiger partial charge in [0.05, 0.1) is 28.7 Å². The Morgan fingerprint density at radius 3 is 2.68 bits per heavy atom. The van der Waals surface area contributed by atoms with Crippen LogP contribution in [0, 0.1) is 0 Å². The van der Waals surface area contributed by atoms with Gasteiger partial charge in [-0.25, -0.2) is 4.98 Å². The number of carbonyl (C=O) groups is 1. The van der Waals surface area contributed by atoms with Crippen LogP contribution in [0.15, 0.2) is 49.2 Å². The number of halogens is 2. The number of hydrogen-bond acceptors (Lipinski definition) is 6. The van der Waals surface area contributed by atoms with Crippen LogP contribution in [0.4, 0.5) is 0 Å². The number of fused-ring (bicyclic) bond motifs is 1. The molecule has 0 aliphatic heterocycles. The molecule has 0 bridgehead atoms. The average Bonchev–Trinajstić information content (AvgIpc) is 2.74. The third kappa shape index (κ3) is 5.04. The van der Waals surface area contributed by atoms with Crippen molar-refractivity contribution >= 4 is 54.9 Å². The molecule has 1 aromatic heterocycles. The van der Waals surface area contributed by atoms with E-state index in [1.807, 2.05) is 26.0 Å². The Labute approximate surface area is 196 Å². The Bertz CT molecular complexity index is 1240. The van der Waals surface area contributed by atoms with Gasteiger partial charge in [0.1, 0.15) is 5.82 Å². The highest BCUT2D eigenvalue weighted by Crippen LogP contribution is 2.36. The van der Waals surface area contributed by atoms with E-state index in [9.17, 15) is 9.59 Å². The van der Waals surface area contributed by atoms with Crippen LogP contribution in [0.3, 0.4) is 0 Å². The van der Waals surface area contributed by atoms with E-state index >= 15 is 0 Å². The number of hydrogen-bond donors (Lipinski definition) is 0. The van der Waals surface area contributed by atoms with Crippen LogP contribution in [0.25, 0.3) is 10.9 Å². The number of methoxy groups -OCH3 is 1. The highest BCUT2D eigenvalue weighted by molar-refractivity contribution is 9.10. The number of benzene rings is 2. The molecule has 0 saturated heterocycles. The highest BCUT2D eigenvalue weighted by atomic mass is 79.9. The van der Waals surface area contributed by atoms with Gasteiger partial charge < -0.3 is 9.47 Å². The van der Waals surface area contributed by atoms with Gasteiger partial charge in [-0.15, -0.1) is 0 Å². The predicted octanol–water partition coefficient (Wildman–Crippen LogP) is 5.25. The molecule has 3 aromatic rings. The number of aromatic nitrogens is 2. The summed E-state index contributed by atoms with van der Waals surface area (Å²) in [6.07, 6.45) is 2.35. The van der Waals surface area contributed by atoms with Crippen LogP contribution < -0.4 is 15.0 Å². The van der Waals surface area contributed by atoms with E-state index in [1.165, 1.54) is 18.7 Å². The minimum Gasteiger partial charge on any atom is -0.493 e. The van der Waals surface area contributed by atoms with Crippen LogP contribution in [-0.4, -0.2) is 29.0 Å². The zero-order valence-corrected chi connectivity index (χ0v) is 20.7. The molecule has 7 nitrogen and oxygen atoms in total. The Balaban J connectivity index is 2.14. The van der Waals surface area contributed by atoms with Crippen molar-refractivity contribution in [1.29, 1.82) is 0 Å². The molecule has 162 valence electrons. The van der Waals surface area contributed by atoms with Gasteiger partial charge >= 0.3 is 5.97 Å². The molecule has 3 rings (SSSR count). The number of ether oxygens (including phenoxy) is 2. The summed E-state index contributed by atoms with van der Waals surface area (Å²) in [5, 5.41) is 4.92. The summed E-state index contributed by atoms with van der Waals surface area (Å²) in [5.74, 6) is 0.799. The van der Waals surface area contributed by atoms with Crippen molar-refractivity contribution in [1.82, 2.24) is 9.66 Å². The minimum atomic E-state index is -0.460. The van der Waals surface area contributed by atoms with Gasteiger partial charge in [-0.05, 0) is 58.2 Å². The molecular formula is C22H21Br2N3O4. The van der Waals surface area contributed by atoms with Crippen LogP contribution >= 0.6 is 31.9 Å². The van der Waals surface area contributed by atoms with Gasteiger partial charge in [0.2, 0.25) is 0 Å². The van der Waals surface area contributed by atoms with Crippen molar-refractivity contribution in [3.8, 4) is 11.5 Å². The molecule has 1 heterocycles. The lowest BCUT2D eigenvalue weighted by Gasteiger charge is -2.14. The molecule has 0 amide bonds. The maximum Gasteiger partial charge on any atom is 0.308 e. The molecule has 0 N–H and O–H groups in total. The molecule has 0 spiro atoms. The van der Waals surface area contributed by atoms with Crippen LogP contribution in [-0.2, 0) is 4.79 Å². The quantitative estimate of drug-likeness (QED) is 0.238. The maximum atomic E-state index is 13.2. The Kier molecular flexibility index (Phi) is 7.27. The van der Waals surface area contributed by atoms with Crippen LogP contribution in [0.1, 0.15) is 44.5 Å². The summed E-state index contributed by atoms with van der Waals surface area (Å²) >= 11 is 6.80. The van der Waals surface area contributed by atoms with Crippen molar-refractivity contribution in [3.05, 3.63) is 61.0 Å². The summed E-state index contributed by atoms with van der Waals surface area (Å²) < 4.78 is 13.2. The molecule has 9 heteroatoms. The average molecular weight is 551 g/mol. The van der Waals surface area contributed by atoms with Gasteiger partial charge in [0.25, 0.3) is 5.56 Å². The smallest absolute Gasteiger partial charge is 0.308 e. The van der Waals surface area contributed by atoms with Crippen LogP contribution in [0.5, 0.6) is 11.5 Å². The topological polar surface area (TPSA) is 82.8 Å². The third-order valence-electron chi connectivity index (χ3n) is 4.71. The molecule has 31 heavy (non-hydrogen) atoms. The minimum absolute atomic E-state index is 0.0329. The molecule has 0 radical (unpaired) electrons. The van der Waals surface area contributed by atoms with Gasteiger partial charge in [0, 0.05) is 17.3 Å². The fourth-order valence-corrected chi connectivity index (χ4v) is 3.86. The summed E-state index contributed by atoms with van der Waals surface area (Å²) in [5.41, 5.74) is 1.03. The lowest BCUT2D eigenvalue weighted by Crippen LogP contribution is -2.23. The summed E-state index contributed by atoms with van der Waals surface area (Å²) in [7, 11) is 1.48. The summed E-state index contributed by atoms with van der Waals surface area (Å²) in [6.45, 7) is 5.35. The number of carbonyl (C=O) groups excluding carboxylic acids is 1. The van der Waals surface area contributed by atoms with Gasteiger partial charge in [-0.1, -0.05) is 29.8 Å². The fourth-order valence-electron chi connectivity index (χ4n) is 2.96. The standard InChI is InChI=1S/C22H21Br2N3O4/c1-5-12(2)21-26-18-7-6-15(23)10-16(18)22(29)27(21)25-11-14-8-17(24)20(31-13(3)28)19(9-14)30-4/h6-12H,5H2,1-4H3/t12-/m1/s1. The molecule has 0 saturated carbocycles. The van der Waals surface area contributed by atoms with E-state index in [4.69, 9.17) is 14.5 Å². The lowest BCUT2D eigenvalue weighted by atomic mass is 10.1. The number of esters is 1. The lowest BCUT2D eigenvalue weighted by molar-refractivity contribution is -0.132. The molecule has 1 atom stereocenters. The maximum absolute atomic E-state index is 13.2. The van der Waals surface area contributed by atoms with Crippen molar-refractivity contribution in [2.45, 2.75) is 33.1 Å². The van der Waals surface area contributed by atoms with Gasteiger partial charge in [0.15, 0.2) is 11.5 Å². The molecule has 0 aliphatic rings. The second-order valence-electron chi connectivity index (χ2n) is 6.93. The SMILES string of the molecule is CC[C@@H](C)c1nc2ccc(Br)cc2c(=O)n1N=Cc1cc(Br)c(OC(C)=O)c(OC)c1. The fraction of sp³-hybridized carbons (Fsp3) is 0.273. The molecule has 0 aliphatic carbocycles. The van der Waals surface area contributed by atoms with Gasteiger partial charge in [-0.2, -0.15) is 9.78 Å². The molecular weight excluding hydrogens is 530 g/mol. The Morgan fingerprint density at radius 2 is 2.03 bits per heavy atom. The van der Waals surface area contributed by atoms with E-state index in [0.717, 1.165) is 10.9 Å². The highest BCUT2D eigenvalue weighted by Gasteiger charge is 2.16. The Morgan fingerprint density at radius 1 is 1.29 bits per heavy atom. The normalized spacial score (nSPS) is 12.3. The Hall–Kier alpha value is -2.52. The van der Waals surface area contributed by atoms with Crippen molar-refractivity contribution in [3.63, 3.8) is 0 Å². The van der Waals surface area contributed by atoms with E-state index < -0.39 is 5.97 Å². The van der Waals surface area contributed by atoms with Crippen LogP contribution in [0.2, 0.25) is 0 Å². The number of nitrogens with zero attached hydrogens (tertiary/aromatic N) is 3. The van der Waals surface area contributed by atoms with Crippen molar-refractivity contribution < 1.29 is 14.3 Å². The first-order valence-corrected chi connectivity index (χ1v) is 11.2. The third-order valence-corrected chi connectivity index (χ3v) is 5.79. The van der Waals surface area contributed by atoms with E-state index in [1.54, 1.807) is 24.4 Å². The molecule has 0 fully saturated rings. The van der Waals surface area contributed by atoms with Gasteiger partial charge in [-0.3, -0.25) is 9.59 Å². The van der Waals surface area contributed by atoms with Crippen molar-refractivity contribution in [2.24, 2.45) is 5.10 Å².